The highest BCUT2D eigenvalue weighted by atomic mass is 16.3. The average Bonchev–Trinajstić information content (AvgIpc) is 2.60. The van der Waals surface area contributed by atoms with Crippen molar-refractivity contribution in [2.75, 3.05) is 0 Å². The van der Waals surface area contributed by atoms with Crippen LogP contribution in [0.3, 0.4) is 0 Å². The second-order valence-corrected chi connectivity index (χ2v) is 9.14. The van der Waals surface area contributed by atoms with Gasteiger partial charge in [0.2, 0.25) is 0 Å². The highest BCUT2D eigenvalue weighted by Gasteiger charge is 2.46. The van der Waals surface area contributed by atoms with E-state index >= 15 is 0 Å². The normalized spacial score (nSPS) is 45.3. The van der Waals surface area contributed by atoms with Crippen molar-refractivity contribution in [3.63, 3.8) is 0 Å². The Balaban J connectivity index is 1.51. The Morgan fingerprint density at radius 3 is 2.12 bits per heavy atom. The monoisotopic (exact) mass is 327 g/mol. The van der Waals surface area contributed by atoms with Crippen molar-refractivity contribution < 1.29 is 5.11 Å². The number of hydrogen-bond donors (Lipinski definition) is 2. The lowest BCUT2D eigenvalue weighted by molar-refractivity contribution is 0.0556. The quantitative estimate of drug-likeness (QED) is 0.851. The zero-order chi connectivity index (χ0) is 16.9. The second-order valence-electron chi connectivity index (χ2n) is 9.14. The summed E-state index contributed by atoms with van der Waals surface area (Å²) in [5.41, 5.74) is 17.9. The molecular formula is C21H31N2O-. The molecule has 4 N–H and O–H groups in total. The predicted octanol–water partition coefficient (Wildman–Crippen LogP) is 4.28. The molecule has 3 heteroatoms. The van der Waals surface area contributed by atoms with Gasteiger partial charge in [0.15, 0.2) is 0 Å². The van der Waals surface area contributed by atoms with Crippen LogP contribution >= 0.6 is 0 Å². The maximum absolute atomic E-state index is 9.90. The topological polar surface area (TPSA) is 70.0 Å². The van der Waals surface area contributed by atoms with E-state index in [1.807, 2.05) is 0 Å². The Morgan fingerprint density at radius 2 is 1.58 bits per heavy atom. The van der Waals surface area contributed by atoms with Gasteiger partial charge in [-0.15, -0.1) is 6.04 Å². The van der Waals surface area contributed by atoms with E-state index < -0.39 is 12.1 Å². The molecule has 4 atom stereocenters. The molecule has 0 amide bonds. The molecule has 1 aromatic carbocycles. The van der Waals surface area contributed by atoms with Crippen molar-refractivity contribution in [1.29, 1.82) is 0 Å². The largest absolute Gasteiger partial charge is 0.672 e. The van der Waals surface area contributed by atoms with Gasteiger partial charge in [0.05, 0.1) is 6.10 Å². The first kappa shape index (κ1) is 16.6. The smallest absolute Gasteiger partial charge is 0.0530 e. The summed E-state index contributed by atoms with van der Waals surface area (Å²) in [6.07, 6.45) is 9.02. The fourth-order valence-corrected chi connectivity index (χ4v) is 5.50. The van der Waals surface area contributed by atoms with Gasteiger partial charge in [-0.05, 0) is 72.8 Å². The standard InChI is InChI=1S/C21H31N2O/c1-20-6-9-21(10-7-20,11-8-20)16-4-2-14(3-5-16)15-12-17(22)19(24)18(23)13-15/h2-5,15,17-19,22,24H,6-13,23H2,1H3/q-1. The van der Waals surface area contributed by atoms with Gasteiger partial charge >= 0.3 is 0 Å². The number of benzene rings is 1. The first-order valence-electron chi connectivity index (χ1n) is 9.66. The first-order valence-corrected chi connectivity index (χ1v) is 9.66. The zero-order valence-electron chi connectivity index (χ0n) is 14.8. The van der Waals surface area contributed by atoms with E-state index in [-0.39, 0.29) is 6.04 Å². The molecule has 0 aliphatic heterocycles. The van der Waals surface area contributed by atoms with Crippen LogP contribution in [0.4, 0.5) is 0 Å². The number of nitrogens with two attached hydrogens (primary N) is 1. The van der Waals surface area contributed by atoms with E-state index in [1.165, 1.54) is 49.7 Å². The van der Waals surface area contributed by atoms with E-state index in [4.69, 9.17) is 11.5 Å². The van der Waals surface area contributed by atoms with Gasteiger partial charge in [0, 0.05) is 6.04 Å². The van der Waals surface area contributed by atoms with Gasteiger partial charge < -0.3 is 16.6 Å². The lowest BCUT2D eigenvalue weighted by Gasteiger charge is -2.52. The molecule has 3 nitrogen and oxygen atoms in total. The van der Waals surface area contributed by atoms with Crippen LogP contribution in [-0.2, 0) is 5.41 Å². The molecule has 4 aliphatic rings. The third-order valence-corrected chi connectivity index (χ3v) is 7.56. The molecule has 0 aromatic heterocycles. The highest BCUT2D eigenvalue weighted by Crippen LogP contribution is 2.57. The molecule has 2 bridgehead atoms. The zero-order valence-corrected chi connectivity index (χ0v) is 14.8. The third-order valence-electron chi connectivity index (χ3n) is 7.56. The lowest BCUT2D eigenvalue weighted by Crippen LogP contribution is -2.47. The molecule has 0 spiro atoms. The van der Waals surface area contributed by atoms with Crippen molar-refractivity contribution >= 4 is 0 Å². The summed E-state index contributed by atoms with van der Waals surface area (Å²) in [6, 6.07) is 8.52. The molecule has 4 saturated carbocycles. The van der Waals surface area contributed by atoms with Crippen LogP contribution in [0.25, 0.3) is 5.73 Å². The number of aliphatic hydroxyl groups excluding tert-OH is 1. The summed E-state index contributed by atoms with van der Waals surface area (Å²) in [5, 5.41) is 9.90. The van der Waals surface area contributed by atoms with Crippen LogP contribution in [0, 0.1) is 5.41 Å². The molecule has 132 valence electrons. The summed E-state index contributed by atoms with van der Waals surface area (Å²) >= 11 is 0. The van der Waals surface area contributed by atoms with Crippen LogP contribution in [0.1, 0.15) is 75.3 Å². The van der Waals surface area contributed by atoms with Gasteiger partial charge in [-0.2, -0.15) is 0 Å². The molecule has 0 saturated heterocycles. The van der Waals surface area contributed by atoms with Crippen LogP contribution in [0.2, 0.25) is 0 Å². The molecule has 4 aliphatic carbocycles. The van der Waals surface area contributed by atoms with Crippen molar-refractivity contribution in [2.45, 2.75) is 87.8 Å². The fourth-order valence-electron chi connectivity index (χ4n) is 5.50. The highest BCUT2D eigenvalue weighted by molar-refractivity contribution is 5.33. The Hall–Kier alpha value is -0.900. The average molecular weight is 327 g/mol. The van der Waals surface area contributed by atoms with Crippen molar-refractivity contribution in [3.05, 3.63) is 41.1 Å². The number of hydrogen-bond acceptors (Lipinski definition) is 2. The Morgan fingerprint density at radius 1 is 1.00 bits per heavy atom. The van der Waals surface area contributed by atoms with E-state index in [9.17, 15) is 5.11 Å². The summed E-state index contributed by atoms with van der Waals surface area (Å²) in [5.74, 6) is 0.318. The molecule has 0 radical (unpaired) electrons. The molecule has 1 aromatic rings. The number of fused-ring (bicyclic) bond motifs is 3. The maximum Gasteiger partial charge on any atom is 0.0530 e. The minimum Gasteiger partial charge on any atom is -0.672 e. The van der Waals surface area contributed by atoms with Gasteiger partial charge in [-0.3, -0.25) is 0 Å². The maximum atomic E-state index is 9.90. The Kier molecular flexibility index (Phi) is 4.02. The van der Waals surface area contributed by atoms with Crippen molar-refractivity contribution in [1.82, 2.24) is 0 Å². The van der Waals surface area contributed by atoms with Crippen LogP contribution < -0.4 is 5.73 Å². The van der Waals surface area contributed by atoms with Crippen LogP contribution in [0.5, 0.6) is 0 Å². The first-order chi connectivity index (χ1) is 11.4. The summed E-state index contributed by atoms with van der Waals surface area (Å²) in [4.78, 5) is 0. The van der Waals surface area contributed by atoms with Gasteiger partial charge in [-0.1, -0.05) is 37.6 Å². The van der Waals surface area contributed by atoms with Crippen molar-refractivity contribution in [2.24, 2.45) is 11.1 Å². The van der Waals surface area contributed by atoms with E-state index in [0.29, 0.717) is 16.7 Å². The number of aliphatic hydroxyl groups is 1. The molecule has 0 heterocycles. The second kappa shape index (κ2) is 5.82. The molecule has 4 unspecified atom stereocenters. The Labute approximate surface area is 145 Å². The fraction of sp³-hybridized carbons (Fsp3) is 0.714. The van der Waals surface area contributed by atoms with Gasteiger partial charge in [0.1, 0.15) is 0 Å². The third kappa shape index (κ3) is 2.71. The number of rotatable bonds is 2. The van der Waals surface area contributed by atoms with E-state index in [2.05, 4.69) is 31.2 Å². The summed E-state index contributed by atoms with van der Waals surface area (Å²) < 4.78 is 0. The van der Waals surface area contributed by atoms with Crippen molar-refractivity contribution in [3.8, 4) is 0 Å². The molecular weight excluding hydrogens is 296 g/mol. The van der Waals surface area contributed by atoms with Gasteiger partial charge in [0.25, 0.3) is 0 Å². The predicted molar refractivity (Wildman–Crippen MR) is 98.0 cm³/mol. The number of nitrogens with one attached hydrogen (secondary N) is 1. The molecule has 5 rings (SSSR count). The lowest BCUT2D eigenvalue weighted by atomic mass is 9.52. The summed E-state index contributed by atoms with van der Waals surface area (Å²) in [7, 11) is 0. The van der Waals surface area contributed by atoms with Crippen LogP contribution in [0.15, 0.2) is 24.3 Å². The van der Waals surface area contributed by atoms with Crippen LogP contribution in [-0.4, -0.2) is 23.3 Å². The minimum atomic E-state index is -0.668. The van der Waals surface area contributed by atoms with Gasteiger partial charge in [-0.25, -0.2) is 0 Å². The molecule has 24 heavy (non-hydrogen) atoms. The summed E-state index contributed by atoms with van der Waals surface area (Å²) in [6.45, 7) is 2.47. The molecule has 4 fully saturated rings. The SMILES string of the molecule is CC12CCC(c3ccc(C4CC([NH-])C(O)C(N)C4)cc3)(CC1)CC2. The van der Waals surface area contributed by atoms with E-state index in [1.54, 1.807) is 0 Å². The minimum absolute atomic E-state index is 0.265. The van der Waals surface area contributed by atoms with E-state index in [0.717, 1.165) is 12.8 Å². The Bertz CT molecular complexity index is 560.